The molecule has 5 rings (SSSR count). The molecule has 0 saturated heterocycles. The van der Waals surface area contributed by atoms with Gasteiger partial charge in [-0.05, 0) is 48.0 Å². The topological polar surface area (TPSA) is 70.3 Å². The van der Waals surface area contributed by atoms with E-state index in [4.69, 9.17) is 18.9 Å². The molecule has 0 amide bonds. The number of oxazole rings is 1. The van der Waals surface area contributed by atoms with Gasteiger partial charge < -0.3 is 13.9 Å². The van der Waals surface area contributed by atoms with Crippen LogP contribution in [-0.2, 0) is 12.4 Å². The van der Waals surface area contributed by atoms with Crippen LogP contribution in [0.15, 0.2) is 107 Å². The van der Waals surface area contributed by atoms with Crippen molar-refractivity contribution in [3.05, 3.63) is 109 Å². The van der Waals surface area contributed by atoms with Crippen LogP contribution in [0.4, 0.5) is 0 Å². The van der Waals surface area contributed by atoms with Crippen molar-refractivity contribution in [1.29, 1.82) is 0 Å². The van der Waals surface area contributed by atoms with E-state index in [1.165, 1.54) is 0 Å². The van der Waals surface area contributed by atoms with Crippen LogP contribution in [0, 0.1) is 0 Å². The molecule has 0 spiro atoms. The zero-order valence-corrected chi connectivity index (χ0v) is 19.9. The minimum atomic E-state index is 0.514. The molecule has 35 heavy (non-hydrogen) atoms. The zero-order chi connectivity index (χ0) is 23.9. The molecule has 6 nitrogen and oxygen atoms in total. The van der Waals surface area contributed by atoms with Crippen molar-refractivity contribution in [1.82, 2.24) is 15.0 Å². The molecule has 0 unspecified atom stereocenters. The monoisotopic (exact) mass is 481 g/mol. The second kappa shape index (κ2) is 10.9. The van der Waals surface area contributed by atoms with Crippen molar-refractivity contribution in [3.8, 4) is 34.2 Å². The second-order valence-corrected chi connectivity index (χ2v) is 8.63. The van der Waals surface area contributed by atoms with Crippen molar-refractivity contribution in [3.63, 3.8) is 0 Å². The van der Waals surface area contributed by atoms with Gasteiger partial charge in [0.15, 0.2) is 5.76 Å². The molecule has 174 valence electrons. The Morgan fingerprint density at radius 2 is 1.63 bits per heavy atom. The lowest BCUT2D eigenvalue weighted by Gasteiger charge is -2.07. The number of thioether (sulfide) groups is 1. The van der Waals surface area contributed by atoms with Gasteiger partial charge in [0.1, 0.15) is 18.1 Å². The largest absolute Gasteiger partial charge is 0.489 e. The highest BCUT2D eigenvalue weighted by atomic mass is 32.2. The molecule has 7 heteroatoms. The molecule has 2 aromatic carbocycles. The standard InChI is InChI=1S/C28H23N3O3S/c1-32-24-15-12-22(17-30-24)27-28(34-25(31-27)19-35-26-9-5-6-16-29-26)21-10-13-23(14-11-21)33-18-20-7-3-2-4-8-20/h2-17H,18-19H2,1H3. The average Bonchev–Trinajstić information content (AvgIpc) is 3.36. The molecule has 0 aliphatic rings. The summed E-state index contributed by atoms with van der Waals surface area (Å²) in [5.41, 5.74) is 3.61. The molecule has 3 aromatic heterocycles. The number of ether oxygens (including phenoxy) is 2. The van der Waals surface area contributed by atoms with Gasteiger partial charge in [0, 0.05) is 29.6 Å². The Hall–Kier alpha value is -4.10. The zero-order valence-electron chi connectivity index (χ0n) is 19.1. The number of rotatable bonds is 9. The Balaban J connectivity index is 1.39. The third-order valence-electron chi connectivity index (χ3n) is 5.24. The highest BCUT2D eigenvalue weighted by molar-refractivity contribution is 7.98. The normalized spacial score (nSPS) is 10.8. The van der Waals surface area contributed by atoms with Gasteiger partial charge in [0.05, 0.1) is 17.9 Å². The first-order valence-electron chi connectivity index (χ1n) is 11.1. The van der Waals surface area contributed by atoms with E-state index < -0.39 is 0 Å². The smallest absolute Gasteiger partial charge is 0.212 e. The molecule has 0 N–H and O–H groups in total. The third-order valence-corrected chi connectivity index (χ3v) is 6.17. The lowest BCUT2D eigenvalue weighted by molar-refractivity contribution is 0.306. The average molecular weight is 482 g/mol. The van der Waals surface area contributed by atoms with E-state index in [0.29, 0.717) is 29.9 Å². The Bertz CT molecular complexity index is 1360. The van der Waals surface area contributed by atoms with Crippen molar-refractivity contribution in [2.24, 2.45) is 0 Å². The van der Waals surface area contributed by atoms with Gasteiger partial charge >= 0.3 is 0 Å². The fourth-order valence-electron chi connectivity index (χ4n) is 3.47. The maximum absolute atomic E-state index is 6.24. The van der Waals surface area contributed by atoms with Gasteiger partial charge in [-0.25, -0.2) is 15.0 Å². The van der Waals surface area contributed by atoms with Gasteiger partial charge in [0.25, 0.3) is 0 Å². The number of hydrogen-bond acceptors (Lipinski definition) is 7. The van der Waals surface area contributed by atoms with Crippen LogP contribution in [0.25, 0.3) is 22.6 Å². The van der Waals surface area contributed by atoms with Gasteiger partial charge in [-0.1, -0.05) is 48.2 Å². The molecule has 0 atom stereocenters. The van der Waals surface area contributed by atoms with E-state index in [0.717, 1.165) is 33.2 Å². The van der Waals surface area contributed by atoms with Gasteiger partial charge in [-0.3, -0.25) is 0 Å². The molecule has 0 aliphatic heterocycles. The number of nitrogens with zero attached hydrogens (tertiary/aromatic N) is 3. The molecule has 0 saturated carbocycles. The number of aromatic nitrogens is 3. The van der Waals surface area contributed by atoms with Crippen LogP contribution in [0.1, 0.15) is 11.5 Å². The van der Waals surface area contributed by atoms with Crippen LogP contribution in [-0.4, -0.2) is 22.1 Å². The van der Waals surface area contributed by atoms with Gasteiger partial charge in [-0.2, -0.15) is 0 Å². The molecular weight excluding hydrogens is 458 g/mol. The summed E-state index contributed by atoms with van der Waals surface area (Å²) in [6.07, 6.45) is 3.52. The predicted molar refractivity (Wildman–Crippen MR) is 136 cm³/mol. The predicted octanol–water partition coefficient (Wildman–Crippen LogP) is 6.68. The second-order valence-electron chi connectivity index (χ2n) is 7.63. The maximum Gasteiger partial charge on any atom is 0.212 e. The van der Waals surface area contributed by atoms with E-state index in [1.54, 1.807) is 31.3 Å². The first-order valence-corrected chi connectivity index (χ1v) is 12.1. The number of methoxy groups -OCH3 is 1. The first-order chi connectivity index (χ1) is 17.3. The lowest BCUT2D eigenvalue weighted by atomic mass is 10.1. The molecular formula is C28H23N3O3S. The van der Waals surface area contributed by atoms with Crippen molar-refractivity contribution < 1.29 is 13.9 Å². The van der Waals surface area contributed by atoms with E-state index in [2.05, 4.69) is 9.97 Å². The number of benzene rings is 2. The van der Waals surface area contributed by atoms with Crippen LogP contribution < -0.4 is 9.47 Å². The molecule has 3 heterocycles. The quantitative estimate of drug-likeness (QED) is 0.218. The molecule has 5 aromatic rings. The summed E-state index contributed by atoms with van der Waals surface area (Å²) in [7, 11) is 1.60. The minimum absolute atomic E-state index is 0.514. The molecule has 0 aliphatic carbocycles. The Labute approximate surface area is 208 Å². The van der Waals surface area contributed by atoms with E-state index >= 15 is 0 Å². The van der Waals surface area contributed by atoms with Crippen LogP contribution in [0.5, 0.6) is 11.6 Å². The molecule has 0 fully saturated rings. The Morgan fingerprint density at radius 3 is 2.34 bits per heavy atom. The Kier molecular flexibility index (Phi) is 7.05. The maximum atomic E-state index is 6.24. The number of pyridine rings is 2. The Morgan fingerprint density at radius 1 is 0.829 bits per heavy atom. The molecule has 0 bridgehead atoms. The number of hydrogen-bond donors (Lipinski definition) is 0. The van der Waals surface area contributed by atoms with Gasteiger partial charge in [-0.15, -0.1) is 0 Å². The fraction of sp³-hybridized carbons (Fsp3) is 0.107. The van der Waals surface area contributed by atoms with Crippen LogP contribution in [0.2, 0.25) is 0 Å². The van der Waals surface area contributed by atoms with E-state index in [1.807, 2.05) is 84.9 Å². The highest BCUT2D eigenvalue weighted by Crippen LogP contribution is 2.35. The third kappa shape index (κ3) is 5.70. The van der Waals surface area contributed by atoms with E-state index in [9.17, 15) is 0 Å². The van der Waals surface area contributed by atoms with E-state index in [-0.39, 0.29) is 0 Å². The van der Waals surface area contributed by atoms with Crippen LogP contribution in [0.3, 0.4) is 0 Å². The minimum Gasteiger partial charge on any atom is -0.489 e. The summed E-state index contributed by atoms with van der Waals surface area (Å²) in [6.45, 7) is 0.514. The summed E-state index contributed by atoms with van der Waals surface area (Å²) < 4.78 is 17.4. The van der Waals surface area contributed by atoms with Crippen LogP contribution >= 0.6 is 11.8 Å². The van der Waals surface area contributed by atoms with Crippen molar-refractivity contribution >= 4 is 11.8 Å². The summed E-state index contributed by atoms with van der Waals surface area (Å²) in [5.74, 6) is 3.20. The van der Waals surface area contributed by atoms with Gasteiger partial charge in [0.2, 0.25) is 11.8 Å². The molecule has 0 radical (unpaired) electrons. The summed E-state index contributed by atoms with van der Waals surface area (Å²) in [4.78, 5) is 13.5. The fourth-order valence-corrected chi connectivity index (χ4v) is 4.18. The SMILES string of the molecule is COc1ccc(-c2nc(CSc3ccccn3)oc2-c2ccc(OCc3ccccc3)cc2)cn1. The first kappa shape index (κ1) is 22.7. The van der Waals surface area contributed by atoms with Crippen molar-refractivity contribution in [2.45, 2.75) is 17.4 Å². The summed E-state index contributed by atoms with van der Waals surface area (Å²) in [5, 5.41) is 0.917. The summed E-state index contributed by atoms with van der Waals surface area (Å²) in [6, 6.07) is 27.5. The highest BCUT2D eigenvalue weighted by Gasteiger charge is 2.18. The van der Waals surface area contributed by atoms with Crippen molar-refractivity contribution in [2.75, 3.05) is 7.11 Å². The summed E-state index contributed by atoms with van der Waals surface area (Å²) >= 11 is 1.58. The lowest BCUT2D eigenvalue weighted by Crippen LogP contribution is -1.94.